The van der Waals surface area contributed by atoms with Crippen LogP contribution in [0, 0.1) is 0 Å². The summed E-state index contributed by atoms with van der Waals surface area (Å²) in [5.41, 5.74) is 1.58. The number of hydrogen-bond acceptors (Lipinski definition) is 4. The maximum atomic E-state index is 11.6. The van der Waals surface area contributed by atoms with Gasteiger partial charge in [0.25, 0.3) is 0 Å². The minimum atomic E-state index is -2.91. The molecule has 2 rings (SSSR count). The van der Waals surface area contributed by atoms with Gasteiger partial charge in [-0.05, 0) is 48.0 Å². The van der Waals surface area contributed by atoms with Gasteiger partial charge in [0, 0.05) is 28.3 Å². The summed E-state index contributed by atoms with van der Waals surface area (Å²) in [6.07, 6.45) is 0. The Bertz CT molecular complexity index is 612. The summed E-state index contributed by atoms with van der Waals surface area (Å²) >= 11 is 3.39. The fourth-order valence-corrected chi connectivity index (χ4v) is 4.55. The molecule has 1 aliphatic rings. The quantitative estimate of drug-likeness (QED) is 0.771. The lowest BCUT2D eigenvalue weighted by molar-refractivity contribution is 0.101. The van der Waals surface area contributed by atoms with Crippen LogP contribution in [0.15, 0.2) is 22.7 Å². The number of rotatable bonds is 2. The molecular weight excluding hydrogens is 330 g/mol. The largest absolute Gasteiger partial charge is 0.367 e. The Hall–Kier alpha value is -0.880. The van der Waals surface area contributed by atoms with Gasteiger partial charge < -0.3 is 4.90 Å². The van der Waals surface area contributed by atoms with Gasteiger partial charge in [0.1, 0.15) is 0 Å². The third-order valence-electron chi connectivity index (χ3n) is 3.33. The van der Waals surface area contributed by atoms with Crippen LogP contribution in [0.1, 0.15) is 24.2 Å². The maximum absolute atomic E-state index is 11.6. The van der Waals surface area contributed by atoms with Crippen molar-refractivity contribution in [2.45, 2.75) is 19.9 Å². The second kappa shape index (κ2) is 5.25. The molecule has 1 atom stereocenters. The molecule has 0 bridgehead atoms. The molecule has 1 heterocycles. The molecular formula is C13H16BrNO3S. The summed E-state index contributed by atoms with van der Waals surface area (Å²) in [6.45, 7) is 3.93. The van der Waals surface area contributed by atoms with E-state index >= 15 is 0 Å². The first-order valence-corrected chi connectivity index (χ1v) is 8.69. The van der Waals surface area contributed by atoms with Gasteiger partial charge in [-0.1, -0.05) is 0 Å². The molecule has 1 aromatic rings. The summed E-state index contributed by atoms with van der Waals surface area (Å²) < 4.78 is 23.9. The van der Waals surface area contributed by atoms with Crippen molar-refractivity contribution in [3.8, 4) is 0 Å². The Kier molecular flexibility index (Phi) is 4.01. The minimum Gasteiger partial charge on any atom is -0.367 e. The van der Waals surface area contributed by atoms with Crippen LogP contribution in [-0.2, 0) is 9.84 Å². The van der Waals surface area contributed by atoms with Gasteiger partial charge in [-0.2, -0.15) is 0 Å². The van der Waals surface area contributed by atoms with Crippen LogP contribution < -0.4 is 4.90 Å². The van der Waals surface area contributed by atoms with E-state index in [4.69, 9.17) is 0 Å². The second-order valence-electron chi connectivity index (χ2n) is 4.88. The van der Waals surface area contributed by atoms with E-state index in [-0.39, 0.29) is 23.3 Å². The highest BCUT2D eigenvalue weighted by molar-refractivity contribution is 9.10. The van der Waals surface area contributed by atoms with E-state index in [0.717, 1.165) is 10.2 Å². The number of sulfone groups is 1. The third-order valence-corrected chi connectivity index (χ3v) is 5.78. The van der Waals surface area contributed by atoms with E-state index in [2.05, 4.69) is 20.8 Å². The number of Topliss-reactive ketones (excluding diaryl/α,β-unsaturated/α-hetero) is 1. The molecule has 0 aromatic heterocycles. The van der Waals surface area contributed by atoms with Crippen molar-refractivity contribution in [2.75, 3.05) is 23.0 Å². The molecule has 1 unspecified atom stereocenters. The average molecular weight is 346 g/mol. The van der Waals surface area contributed by atoms with E-state index in [1.807, 2.05) is 19.1 Å². The van der Waals surface area contributed by atoms with Gasteiger partial charge in [0.2, 0.25) is 0 Å². The molecule has 0 saturated carbocycles. The van der Waals surface area contributed by atoms with Crippen LogP contribution in [0.5, 0.6) is 0 Å². The Labute approximate surface area is 121 Å². The first-order chi connectivity index (χ1) is 8.80. The molecule has 1 fully saturated rings. The number of carbonyl (C=O) groups is 1. The predicted molar refractivity (Wildman–Crippen MR) is 79.6 cm³/mol. The van der Waals surface area contributed by atoms with Gasteiger partial charge in [-0.3, -0.25) is 4.79 Å². The topological polar surface area (TPSA) is 54.5 Å². The Morgan fingerprint density at radius 1 is 1.42 bits per heavy atom. The van der Waals surface area contributed by atoms with Crippen molar-refractivity contribution in [3.05, 3.63) is 28.2 Å². The van der Waals surface area contributed by atoms with Crippen LogP contribution in [0.3, 0.4) is 0 Å². The van der Waals surface area contributed by atoms with Gasteiger partial charge in [-0.15, -0.1) is 0 Å². The molecule has 19 heavy (non-hydrogen) atoms. The van der Waals surface area contributed by atoms with E-state index in [1.165, 1.54) is 6.92 Å². The van der Waals surface area contributed by atoms with Crippen molar-refractivity contribution in [3.63, 3.8) is 0 Å². The van der Waals surface area contributed by atoms with Crippen molar-refractivity contribution >= 4 is 37.2 Å². The van der Waals surface area contributed by atoms with Crippen molar-refractivity contribution < 1.29 is 13.2 Å². The van der Waals surface area contributed by atoms with E-state index in [9.17, 15) is 13.2 Å². The molecule has 0 aliphatic carbocycles. The predicted octanol–water partition coefficient (Wildman–Crippen LogP) is 2.28. The zero-order valence-corrected chi connectivity index (χ0v) is 13.3. The number of anilines is 1. The smallest absolute Gasteiger partial charge is 0.160 e. The van der Waals surface area contributed by atoms with E-state index in [1.54, 1.807) is 6.07 Å². The normalized spacial score (nSPS) is 22.3. The monoisotopic (exact) mass is 345 g/mol. The molecule has 104 valence electrons. The Balaban J connectivity index is 2.28. The highest BCUT2D eigenvalue weighted by Gasteiger charge is 2.28. The van der Waals surface area contributed by atoms with E-state index < -0.39 is 9.84 Å². The van der Waals surface area contributed by atoms with Crippen LogP contribution in [0.4, 0.5) is 5.69 Å². The van der Waals surface area contributed by atoms with Gasteiger partial charge >= 0.3 is 0 Å². The summed E-state index contributed by atoms with van der Waals surface area (Å²) in [7, 11) is -2.91. The number of ketones is 1. The fraction of sp³-hybridized carbons (Fsp3) is 0.462. The lowest BCUT2D eigenvalue weighted by Gasteiger charge is -2.35. The number of hydrogen-bond donors (Lipinski definition) is 0. The number of nitrogens with zero attached hydrogens (tertiary/aromatic N) is 1. The highest BCUT2D eigenvalue weighted by Crippen LogP contribution is 2.27. The number of carbonyl (C=O) groups excluding carboxylic acids is 1. The van der Waals surface area contributed by atoms with Gasteiger partial charge in [0.15, 0.2) is 15.6 Å². The SMILES string of the molecule is CC(=O)c1ccc(N2CCS(=O)(=O)CC2C)cc1Br. The molecule has 0 N–H and O–H groups in total. The fourth-order valence-electron chi connectivity index (χ4n) is 2.35. The molecule has 6 heteroatoms. The summed E-state index contributed by atoms with van der Waals surface area (Å²) in [5, 5.41) is 0. The molecule has 1 saturated heterocycles. The highest BCUT2D eigenvalue weighted by atomic mass is 79.9. The van der Waals surface area contributed by atoms with Crippen molar-refractivity contribution in [1.29, 1.82) is 0 Å². The summed E-state index contributed by atoms with van der Waals surface area (Å²) in [6, 6.07) is 5.48. The Morgan fingerprint density at radius 3 is 2.63 bits per heavy atom. The van der Waals surface area contributed by atoms with Crippen molar-refractivity contribution in [2.24, 2.45) is 0 Å². The van der Waals surface area contributed by atoms with Crippen LogP contribution in [0.25, 0.3) is 0 Å². The van der Waals surface area contributed by atoms with Crippen molar-refractivity contribution in [1.82, 2.24) is 0 Å². The van der Waals surface area contributed by atoms with Crippen LogP contribution in [0.2, 0.25) is 0 Å². The van der Waals surface area contributed by atoms with Crippen LogP contribution in [-0.4, -0.2) is 38.3 Å². The minimum absolute atomic E-state index is 0.00713. The third kappa shape index (κ3) is 3.17. The lowest BCUT2D eigenvalue weighted by atomic mass is 10.1. The zero-order chi connectivity index (χ0) is 14.2. The first-order valence-electron chi connectivity index (χ1n) is 6.08. The second-order valence-corrected chi connectivity index (χ2v) is 7.96. The average Bonchev–Trinajstić information content (AvgIpc) is 2.26. The molecule has 0 radical (unpaired) electrons. The summed E-state index contributed by atoms with van der Waals surface area (Å²) in [4.78, 5) is 13.4. The maximum Gasteiger partial charge on any atom is 0.160 e. The lowest BCUT2D eigenvalue weighted by Crippen LogP contribution is -2.47. The van der Waals surface area contributed by atoms with Gasteiger partial charge in [-0.25, -0.2) is 8.42 Å². The zero-order valence-electron chi connectivity index (χ0n) is 10.9. The number of benzene rings is 1. The van der Waals surface area contributed by atoms with Gasteiger partial charge in [0.05, 0.1) is 11.5 Å². The molecule has 1 aromatic carbocycles. The van der Waals surface area contributed by atoms with E-state index in [0.29, 0.717) is 12.1 Å². The standard InChI is InChI=1S/C13H16BrNO3S/c1-9-8-19(17,18)6-5-15(9)11-3-4-12(10(2)16)13(14)7-11/h3-4,7,9H,5-6,8H2,1-2H3. The Morgan fingerprint density at radius 2 is 2.11 bits per heavy atom. The first kappa shape index (κ1) is 14.5. The van der Waals surface area contributed by atoms with Crippen LogP contribution >= 0.6 is 15.9 Å². The molecule has 0 amide bonds. The molecule has 4 nitrogen and oxygen atoms in total. The molecule has 1 aliphatic heterocycles. The molecule has 0 spiro atoms. The summed E-state index contributed by atoms with van der Waals surface area (Å²) in [5.74, 6) is 0.371. The number of halogens is 1.